The van der Waals surface area contributed by atoms with E-state index in [1.807, 2.05) is 0 Å². The number of imidazole rings is 1. The Balaban J connectivity index is 2.42. The zero-order valence-electron chi connectivity index (χ0n) is 12.1. The smallest absolute Gasteiger partial charge is 0.345 e. The van der Waals surface area contributed by atoms with Gasteiger partial charge in [-0.25, -0.2) is 9.78 Å². The monoisotopic (exact) mass is 332 g/mol. The number of carbonyl (C=O) groups is 1. The fourth-order valence-electron chi connectivity index (χ4n) is 2.20. The molecule has 0 aliphatic rings. The molecule has 2 rings (SSSR count). The lowest BCUT2D eigenvalue weighted by Gasteiger charge is -2.15. The van der Waals surface area contributed by atoms with Crippen molar-refractivity contribution in [2.24, 2.45) is 0 Å². The summed E-state index contributed by atoms with van der Waals surface area (Å²) in [5, 5.41) is 0. The van der Waals surface area contributed by atoms with Crippen molar-refractivity contribution < 1.29 is 23.0 Å². The highest BCUT2D eigenvalue weighted by Crippen LogP contribution is 2.21. The number of hydrogen-bond acceptors (Lipinski definition) is 4. The van der Waals surface area contributed by atoms with Gasteiger partial charge in [0.2, 0.25) is 0 Å². The van der Waals surface area contributed by atoms with Gasteiger partial charge in [-0.1, -0.05) is 0 Å². The summed E-state index contributed by atoms with van der Waals surface area (Å²) in [4.78, 5) is 15.9. The van der Waals surface area contributed by atoms with Gasteiger partial charge in [-0.05, 0) is 25.1 Å². The minimum atomic E-state index is -2.85. The number of rotatable bonds is 6. The molecule has 1 heterocycles. The molecule has 1 atom stereocenters. The molecule has 0 saturated carbocycles. The molecular weight excluding hydrogens is 318 g/mol. The summed E-state index contributed by atoms with van der Waals surface area (Å²) in [7, 11) is 1.28. The topological polar surface area (TPSA) is 53.3 Å². The number of methoxy groups -OCH3 is 1. The highest BCUT2D eigenvalue weighted by molar-refractivity contribution is 6.16. The minimum absolute atomic E-state index is 0.115. The van der Waals surface area contributed by atoms with Gasteiger partial charge in [0.1, 0.15) is 5.82 Å². The van der Waals surface area contributed by atoms with Gasteiger partial charge in [-0.2, -0.15) is 8.78 Å². The molecule has 0 amide bonds. The van der Waals surface area contributed by atoms with Gasteiger partial charge in [0, 0.05) is 0 Å². The standard InChI is InChI=1S/C14H15ClF2N2O3/c1-8(22-14(16)17)7-19-11-5-9(13(20)21-2)3-4-10(11)18-12(19)6-15/h3-5,8,14H,6-7H2,1-2H3. The van der Waals surface area contributed by atoms with Gasteiger partial charge in [-0.3, -0.25) is 0 Å². The van der Waals surface area contributed by atoms with Crippen LogP contribution in [0.3, 0.4) is 0 Å². The summed E-state index contributed by atoms with van der Waals surface area (Å²) < 4.78 is 35.4. The van der Waals surface area contributed by atoms with E-state index in [9.17, 15) is 13.6 Å². The molecule has 0 bridgehead atoms. The third kappa shape index (κ3) is 3.53. The van der Waals surface area contributed by atoms with Gasteiger partial charge in [0.25, 0.3) is 0 Å². The average Bonchev–Trinajstić information content (AvgIpc) is 2.82. The van der Waals surface area contributed by atoms with Crippen LogP contribution in [0.15, 0.2) is 18.2 Å². The molecule has 0 radical (unpaired) electrons. The van der Waals surface area contributed by atoms with Crippen LogP contribution >= 0.6 is 11.6 Å². The molecule has 8 heteroatoms. The van der Waals surface area contributed by atoms with Crippen molar-refractivity contribution in [2.75, 3.05) is 7.11 Å². The summed E-state index contributed by atoms with van der Waals surface area (Å²) >= 11 is 5.86. The third-order valence-electron chi connectivity index (χ3n) is 3.14. The maximum Gasteiger partial charge on any atom is 0.345 e. The van der Waals surface area contributed by atoms with Crippen LogP contribution in [0.1, 0.15) is 23.1 Å². The van der Waals surface area contributed by atoms with Crippen LogP contribution in [0.2, 0.25) is 0 Å². The minimum Gasteiger partial charge on any atom is -0.465 e. The fraction of sp³-hybridized carbons (Fsp3) is 0.429. The van der Waals surface area contributed by atoms with E-state index >= 15 is 0 Å². The Kier molecular flexibility index (Phi) is 5.31. The number of halogens is 3. The van der Waals surface area contributed by atoms with E-state index in [4.69, 9.17) is 11.6 Å². The lowest BCUT2D eigenvalue weighted by Crippen LogP contribution is -2.20. The number of esters is 1. The molecule has 22 heavy (non-hydrogen) atoms. The normalized spacial score (nSPS) is 12.8. The molecular formula is C14H15ClF2N2O3. The van der Waals surface area contributed by atoms with E-state index in [-0.39, 0.29) is 12.4 Å². The lowest BCUT2D eigenvalue weighted by molar-refractivity contribution is -0.160. The fourth-order valence-corrected chi connectivity index (χ4v) is 2.40. The number of aromatic nitrogens is 2. The van der Waals surface area contributed by atoms with Crippen molar-refractivity contribution in [1.82, 2.24) is 9.55 Å². The van der Waals surface area contributed by atoms with Crippen LogP contribution < -0.4 is 0 Å². The molecule has 1 aromatic heterocycles. The summed E-state index contributed by atoms with van der Waals surface area (Å²) in [6.07, 6.45) is -0.735. The maximum absolute atomic E-state index is 12.3. The van der Waals surface area contributed by atoms with Crippen LogP contribution in [0.4, 0.5) is 8.78 Å². The highest BCUT2D eigenvalue weighted by atomic mass is 35.5. The van der Waals surface area contributed by atoms with Crippen molar-refractivity contribution in [2.45, 2.75) is 32.1 Å². The SMILES string of the molecule is COC(=O)c1ccc2nc(CCl)n(CC(C)OC(F)F)c2c1. The summed E-state index contributed by atoms with van der Waals surface area (Å²) in [5.74, 6) is 0.145. The zero-order chi connectivity index (χ0) is 16.3. The predicted molar refractivity (Wildman–Crippen MR) is 77.2 cm³/mol. The Hall–Kier alpha value is -1.73. The molecule has 0 fully saturated rings. The molecule has 120 valence electrons. The molecule has 0 saturated heterocycles. The van der Waals surface area contributed by atoms with Crippen LogP contribution in [0.5, 0.6) is 0 Å². The Morgan fingerprint density at radius 2 is 2.18 bits per heavy atom. The van der Waals surface area contributed by atoms with Gasteiger partial charge < -0.3 is 14.0 Å². The molecule has 0 aliphatic heterocycles. The van der Waals surface area contributed by atoms with E-state index in [2.05, 4.69) is 14.5 Å². The third-order valence-corrected chi connectivity index (χ3v) is 3.38. The highest BCUT2D eigenvalue weighted by Gasteiger charge is 2.17. The first-order chi connectivity index (χ1) is 10.5. The summed E-state index contributed by atoms with van der Waals surface area (Å²) in [5.41, 5.74) is 1.58. The van der Waals surface area contributed by atoms with E-state index in [0.717, 1.165) is 0 Å². The number of ether oxygens (including phenoxy) is 2. The molecule has 5 nitrogen and oxygen atoms in total. The van der Waals surface area contributed by atoms with Crippen molar-refractivity contribution in [3.63, 3.8) is 0 Å². The lowest BCUT2D eigenvalue weighted by atomic mass is 10.2. The second-order valence-corrected chi connectivity index (χ2v) is 4.94. The largest absolute Gasteiger partial charge is 0.465 e. The Morgan fingerprint density at radius 3 is 2.77 bits per heavy atom. The first-order valence-corrected chi connectivity index (χ1v) is 7.06. The van der Waals surface area contributed by atoms with E-state index in [0.29, 0.717) is 22.4 Å². The second kappa shape index (κ2) is 7.02. The van der Waals surface area contributed by atoms with Crippen molar-refractivity contribution in [3.8, 4) is 0 Å². The van der Waals surface area contributed by atoms with Crippen LogP contribution in [0, 0.1) is 0 Å². The predicted octanol–water partition coefficient (Wildman–Crippen LogP) is 3.19. The van der Waals surface area contributed by atoms with E-state index in [1.54, 1.807) is 22.8 Å². The molecule has 0 spiro atoms. The first-order valence-electron chi connectivity index (χ1n) is 6.53. The Bertz CT molecular complexity index is 675. The van der Waals surface area contributed by atoms with Gasteiger partial charge >= 0.3 is 12.6 Å². The number of benzene rings is 1. The Labute approximate surface area is 130 Å². The number of alkyl halides is 3. The van der Waals surface area contributed by atoms with Crippen LogP contribution in [-0.4, -0.2) is 35.3 Å². The maximum atomic E-state index is 12.3. The summed E-state index contributed by atoms with van der Waals surface area (Å²) in [6.45, 7) is -1.18. The number of hydrogen-bond donors (Lipinski definition) is 0. The Morgan fingerprint density at radius 1 is 1.45 bits per heavy atom. The molecule has 0 aliphatic carbocycles. The zero-order valence-corrected chi connectivity index (χ0v) is 12.8. The van der Waals surface area contributed by atoms with Crippen LogP contribution in [0.25, 0.3) is 11.0 Å². The van der Waals surface area contributed by atoms with Crippen molar-refractivity contribution in [1.29, 1.82) is 0 Å². The molecule has 2 aromatic rings. The van der Waals surface area contributed by atoms with Gasteiger partial charge in [-0.15, -0.1) is 11.6 Å². The van der Waals surface area contributed by atoms with Gasteiger partial charge in [0.05, 0.1) is 42.2 Å². The van der Waals surface area contributed by atoms with Gasteiger partial charge in [0.15, 0.2) is 0 Å². The van der Waals surface area contributed by atoms with E-state index < -0.39 is 18.7 Å². The van der Waals surface area contributed by atoms with E-state index in [1.165, 1.54) is 14.0 Å². The number of fused-ring (bicyclic) bond motifs is 1. The summed E-state index contributed by atoms with van der Waals surface area (Å²) in [6, 6.07) is 4.84. The molecule has 0 N–H and O–H groups in total. The number of carbonyl (C=O) groups excluding carboxylic acids is 1. The second-order valence-electron chi connectivity index (χ2n) is 4.67. The number of nitrogens with zero attached hydrogens (tertiary/aromatic N) is 2. The van der Waals surface area contributed by atoms with Crippen LogP contribution in [-0.2, 0) is 21.9 Å². The van der Waals surface area contributed by atoms with Crippen molar-refractivity contribution >= 4 is 28.6 Å². The quantitative estimate of drug-likeness (QED) is 0.602. The first kappa shape index (κ1) is 16.6. The van der Waals surface area contributed by atoms with Crippen molar-refractivity contribution in [3.05, 3.63) is 29.6 Å². The molecule has 1 aromatic carbocycles. The molecule has 1 unspecified atom stereocenters. The average molecular weight is 333 g/mol.